The van der Waals surface area contributed by atoms with E-state index in [1.54, 1.807) is 5.01 Å². The molecule has 4 heteroatoms. The van der Waals surface area contributed by atoms with E-state index in [0.717, 1.165) is 25.2 Å². The molecule has 0 aromatic carbocycles. The Hall–Kier alpha value is -0.900. The molecule has 16 heavy (non-hydrogen) atoms. The summed E-state index contributed by atoms with van der Waals surface area (Å²) in [6.45, 7) is 7.82. The van der Waals surface area contributed by atoms with Crippen molar-refractivity contribution in [1.29, 1.82) is 0 Å². The zero-order valence-corrected chi connectivity index (χ0v) is 10.3. The zero-order chi connectivity index (χ0) is 11.8. The largest absolute Gasteiger partial charge is 0.372 e. The average Bonchev–Trinajstić information content (AvgIpc) is 2.73. The molecule has 1 atom stereocenters. The first kappa shape index (κ1) is 11.6. The number of carbonyl (C=O) groups is 1. The van der Waals surface area contributed by atoms with E-state index in [0.29, 0.717) is 13.0 Å². The smallest absolute Gasteiger partial charge is 0.248 e. The Bertz CT molecular complexity index is 311. The van der Waals surface area contributed by atoms with Gasteiger partial charge < -0.3 is 4.74 Å². The second kappa shape index (κ2) is 4.17. The number of nitrogens with zero attached hydrogens (tertiary/aromatic N) is 2. The molecule has 2 rings (SSSR count). The topological polar surface area (TPSA) is 41.9 Å². The third kappa shape index (κ3) is 2.61. The SMILES string of the molecule is CC(C)(C)CN1N=C(C2CCCO2)CC1=O. The summed E-state index contributed by atoms with van der Waals surface area (Å²) in [6, 6.07) is 0. The first-order valence-corrected chi connectivity index (χ1v) is 5.95. The van der Waals surface area contributed by atoms with E-state index >= 15 is 0 Å². The van der Waals surface area contributed by atoms with Crippen LogP contribution in [-0.4, -0.2) is 35.9 Å². The quantitative estimate of drug-likeness (QED) is 0.717. The van der Waals surface area contributed by atoms with Gasteiger partial charge in [-0.05, 0) is 18.3 Å². The maximum atomic E-state index is 11.8. The average molecular weight is 224 g/mol. The predicted molar refractivity (Wildman–Crippen MR) is 62.2 cm³/mol. The molecule has 0 saturated carbocycles. The van der Waals surface area contributed by atoms with Gasteiger partial charge >= 0.3 is 0 Å². The molecule has 1 amide bonds. The Morgan fingerprint density at radius 2 is 2.25 bits per heavy atom. The van der Waals surface area contributed by atoms with E-state index < -0.39 is 0 Å². The molecule has 0 radical (unpaired) electrons. The molecule has 1 fully saturated rings. The minimum absolute atomic E-state index is 0.0884. The Labute approximate surface area is 96.6 Å². The molecule has 0 spiro atoms. The number of ether oxygens (including phenoxy) is 1. The second-order valence-electron chi connectivity index (χ2n) is 5.78. The fourth-order valence-corrected chi connectivity index (χ4v) is 2.08. The molecular weight excluding hydrogens is 204 g/mol. The van der Waals surface area contributed by atoms with E-state index in [2.05, 4.69) is 25.9 Å². The lowest BCUT2D eigenvalue weighted by atomic mass is 9.97. The number of rotatable bonds is 2. The van der Waals surface area contributed by atoms with Crippen molar-refractivity contribution in [1.82, 2.24) is 5.01 Å². The van der Waals surface area contributed by atoms with E-state index in [-0.39, 0.29) is 17.4 Å². The number of carbonyl (C=O) groups excluding carboxylic acids is 1. The van der Waals surface area contributed by atoms with Crippen molar-refractivity contribution in [2.24, 2.45) is 10.5 Å². The molecule has 0 aromatic rings. The van der Waals surface area contributed by atoms with E-state index in [9.17, 15) is 4.79 Å². The lowest BCUT2D eigenvalue weighted by Crippen LogP contribution is -2.30. The van der Waals surface area contributed by atoms with Crippen LogP contribution >= 0.6 is 0 Å². The predicted octanol–water partition coefficient (Wildman–Crippen LogP) is 1.80. The summed E-state index contributed by atoms with van der Waals surface area (Å²) in [5.74, 6) is 0.112. The molecule has 0 bridgehead atoms. The molecule has 90 valence electrons. The van der Waals surface area contributed by atoms with Crippen molar-refractivity contribution in [3.05, 3.63) is 0 Å². The van der Waals surface area contributed by atoms with Crippen LogP contribution in [0, 0.1) is 5.41 Å². The van der Waals surface area contributed by atoms with Gasteiger partial charge in [0.15, 0.2) is 0 Å². The maximum Gasteiger partial charge on any atom is 0.248 e. The van der Waals surface area contributed by atoms with E-state index in [1.807, 2.05) is 0 Å². The van der Waals surface area contributed by atoms with Crippen LogP contribution in [0.2, 0.25) is 0 Å². The third-order valence-corrected chi connectivity index (χ3v) is 2.79. The number of hydrazone groups is 1. The first-order valence-electron chi connectivity index (χ1n) is 5.95. The van der Waals surface area contributed by atoms with E-state index in [4.69, 9.17) is 4.74 Å². The highest BCUT2D eigenvalue weighted by Crippen LogP contribution is 2.23. The van der Waals surface area contributed by atoms with Crippen molar-refractivity contribution < 1.29 is 9.53 Å². The molecule has 2 aliphatic rings. The zero-order valence-electron chi connectivity index (χ0n) is 10.3. The monoisotopic (exact) mass is 224 g/mol. The van der Waals surface area contributed by atoms with Gasteiger partial charge in [0.2, 0.25) is 5.91 Å². The van der Waals surface area contributed by atoms with Gasteiger partial charge in [0.1, 0.15) is 0 Å². The van der Waals surface area contributed by atoms with Crippen LogP contribution in [0.15, 0.2) is 5.10 Å². The van der Waals surface area contributed by atoms with Crippen molar-refractivity contribution in [3.8, 4) is 0 Å². The molecule has 4 nitrogen and oxygen atoms in total. The number of hydrogen-bond donors (Lipinski definition) is 0. The summed E-state index contributed by atoms with van der Waals surface area (Å²) in [7, 11) is 0. The molecule has 0 N–H and O–H groups in total. The Balaban J connectivity index is 2.02. The Morgan fingerprint density at radius 3 is 2.81 bits per heavy atom. The fourth-order valence-electron chi connectivity index (χ4n) is 2.08. The maximum absolute atomic E-state index is 11.8. The van der Waals surface area contributed by atoms with Crippen LogP contribution in [0.5, 0.6) is 0 Å². The molecule has 2 aliphatic heterocycles. The van der Waals surface area contributed by atoms with Gasteiger partial charge in [-0.15, -0.1) is 0 Å². The molecular formula is C12H20N2O2. The second-order valence-corrected chi connectivity index (χ2v) is 5.78. The van der Waals surface area contributed by atoms with Crippen molar-refractivity contribution in [2.45, 2.75) is 46.1 Å². The minimum Gasteiger partial charge on any atom is -0.372 e. The molecule has 0 aliphatic carbocycles. The molecule has 0 aromatic heterocycles. The van der Waals surface area contributed by atoms with Gasteiger partial charge in [-0.25, -0.2) is 5.01 Å². The molecule has 2 heterocycles. The summed E-state index contributed by atoms with van der Waals surface area (Å²) >= 11 is 0. The number of hydrogen-bond acceptors (Lipinski definition) is 3. The lowest BCUT2D eigenvalue weighted by Gasteiger charge is -2.23. The Morgan fingerprint density at radius 1 is 1.50 bits per heavy atom. The van der Waals surface area contributed by atoms with Crippen molar-refractivity contribution in [3.63, 3.8) is 0 Å². The standard InChI is InChI=1S/C12H20N2O2/c1-12(2,3)8-14-11(15)7-9(13-14)10-5-4-6-16-10/h10H,4-8H2,1-3H3. The summed E-state index contributed by atoms with van der Waals surface area (Å²) < 4.78 is 5.55. The van der Waals surface area contributed by atoms with Crippen LogP contribution < -0.4 is 0 Å². The Kier molecular flexibility index (Phi) is 3.02. The van der Waals surface area contributed by atoms with E-state index in [1.165, 1.54) is 0 Å². The normalized spacial score (nSPS) is 26.4. The van der Waals surface area contributed by atoms with Crippen LogP contribution in [-0.2, 0) is 9.53 Å². The highest BCUT2D eigenvalue weighted by Gasteiger charge is 2.33. The first-order chi connectivity index (χ1) is 7.46. The van der Waals surface area contributed by atoms with Gasteiger partial charge in [0.25, 0.3) is 0 Å². The summed E-state index contributed by atoms with van der Waals surface area (Å²) in [5, 5.41) is 6.02. The summed E-state index contributed by atoms with van der Waals surface area (Å²) in [5.41, 5.74) is 1.01. The molecule has 1 unspecified atom stereocenters. The van der Waals surface area contributed by atoms with Gasteiger partial charge in [-0.2, -0.15) is 5.10 Å². The van der Waals surface area contributed by atoms with Gasteiger partial charge in [0.05, 0.1) is 18.2 Å². The highest BCUT2D eigenvalue weighted by molar-refractivity contribution is 6.07. The third-order valence-electron chi connectivity index (χ3n) is 2.79. The highest BCUT2D eigenvalue weighted by atomic mass is 16.5. The van der Waals surface area contributed by atoms with Crippen molar-refractivity contribution >= 4 is 11.6 Å². The minimum atomic E-state index is 0.0884. The van der Waals surface area contributed by atoms with Crippen LogP contribution in [0.3, 0.4) is 0 Å². The number of amides is 1. The summed E-state index contributed by atoms with van der Waals surface area (Å²) in [4.78, 5) is 11.8. The van der Waals surface area contributed by atoms with Gasteiger partial charge in [-0.1, -0.05) is 20.8 Å². The van der Waals surface area contributed by atoms with Crippen LogP contribution in [0.4, 0.5) is 0 Å². The fraction of sp³-hybridized carbons (Fsp3) is 0.833. The lowest BCUT2D eigenvalue weighted by molar-refractivity contribution is -0.129. The van der Waals surface area contributed by atoms with Gasteiger partial charge in [-0.3, -0.25) is 4.79 Å². The van der Waals surface area contributed by atoms with Gasteiger partial charge in [0, 0.05) is 13.2 Å². The molecule has 1 saturated heterocycles. The van der Waals surface area contributed by atoms with Crippen molar-refractivity contribution in [2.75, 3.05) is 13.2 Å². The van der Waals surface area contributed by atoms with Crippen LogP contribution in [0.1, 0.15) is 40.0 Å². The summed E-state index contributed by atoms with van der Waals surface area (Å²) in [6.07, 6.45) is 2.63. The van der Waals surface area contributed by atoms with Crippen LogP contribution in [0.25, 0.3) is 0 Å².